The van der Waals surface area contributed by atoms with Crippen LogP contribution in [-0.4, -0.2) is 17.7 Å². The lowest BCUT2D eigenvalue weighted by Gasteiger charge is -2.45. The SMILES string of the molecule is Oc1ccccc1N1CCCC2CCCCC21. The number of benzene rings is 1. The van der Waals surface area contributed by atoms with Crippen molar-refractivity contribution in [3.63, 3.8) is 0 Å². The summed E-state index contributed by atoms with van der Waals surface area (Å²) in [6, 6.07) is 8.47. The number of anilines is 1. The van der Waals surface area contributed by atoms with Gasteiger partial charge < -0.3 is 10.0 Å². The molecule has 2 unspecified atom stereocenters. The summed E-state index contributed by atoms with van der Waals surface area (Å²) in [5, 5.41) is 10.0. The van der Waals surface area contributed by atoms with Gasteiger partial charge in [-0.1, -0.05) is 25.0 Å². The van der Waals surface area contributed by atoms with Gasteiger partial charge >= 0.3 is 0 Å². The van der Waals surface area contributed by atoms with Gasteiger partial charge in [0.1, 0.15) is 5.75 Å². The van der Waals surface area contributed by atoms with Gasteiger partial charge in [0.15, 0.2) is 0 Å². The molecule has 3 rings (SSSR count). The summed E-state index contributed by atoms with van der Waals surface area (Å²) in [4.78, 5) is 2.46. The molecule has 92 valence electrons. The molecule has 17 heavy (non-hydrogen) atoms. The van der Waals surface area contributed by atoms with Crippen LogP contribution < -0.4 is 4.90 Å². The number of piperidine rings is 1. The first-order chi connectivity index (χ1) is 8.36. The lowest BCUT2D eigenvalue weighted by Crippen LogP contribution is -2.46. The molecule has 2 aliphatic rings. The number of hydrogen-bond acceptors (Lipinski definition) is 2. The molecule has 0 spiro atoms. The fourth-order valence-electron chi connectivity index (χ4n) is 3.63. The Morgan fingerprint density at radius 3 is 2.65 bits per heavy atom. The molecule has 1 aliphatic heterocycles. The second-order valence-corrected chi connectivity index (χ2v) is 5.44. The normalized spacial score (nSPS) is 28.8. The number of aromatic hydroxyl groups is 1. The number of rotatable bonds is 1. The fourth-order valence-corrected chi connectivity index (χ4v) is 3.63. The molecule has 2 nitrogen and oxygen atoms in total. The standard InChI is InChI=1S/C15H21NO/c17-15-10-4-3-9-14(15)16-11-5-7-12-6-1-2-8-13(12)16/h3-4,9-10,12-13,17H,1-2,5-8,11H2. The van der Waals surface area contributed by atoms with Crippen molar-refractivity contribution >= 4 is 5.69 Å². The third-order valence-electron chi connectivity index (χ3n) is 4.43. The molecule has 2 atom stereocenters. The quantitative estimate of drug-likeness (QED) is 0.799. The molecule has 1 saturated heterocycles. The summed E-state index contributed by atoms with van der Waals surface area (Å²) in [5.74, 6) is 1.30. The zero-order valence-corrected chi connectivity index (χ0v) is 10.3. The zero-order chi connectivity index (χ0) is 11.7. The molecule has 0 bridgehead atoms. The van der Waals surface area contributed by atoms with Crippen molar-refractivity contribution in [2.75, 3.05) is 11.4 Å². The van der Waals surface area contributed by atoms with Crippen LogP contribution in [0.15, 0.2) is 24.3 Å². The average molecular weight is 231 g/mol. The maximum absolute atomic E-state index is 10.0. The first kappa shape index (κ1) is 10.9. The summed E-state index contributed by atoms with van der Waals surface area (Å²) < 4.78 is 0. The smallest absolute Gasteiger partial charge is 0.138 e. The largest absolute Gasteiger partial charge is 0.506 e. The van der Waals surface area contributed by atoms with Crippen molar-refractivity contribution in [3.05, 3.63) is 24.3 Å². The zero-order valence-electron chi connectivity index (χ0n) is 10.3. The minimum absolute atomic E-state index is 0.443. The molecule has 1 N–H and O–H groups in total. The van der Waals surface area contributed by atoms with Crippen LogP contribution in [0.5, 0.6) is 5.75 Å². The van der Waals surface area contributed by atoms with Gasteiger partial charge in [-0.05, 0) is 43.7 Å². The first-order valence-electron chi connectivity index (χ1n) is 6.91. The van der Waals surface area contributed by atoms with E-state index in [1.165, 1.54) is 38.5 Å². The van der Waals surface area contributed by atoms with Crippen LogP contribution in [0, 0.1) is 5.92 Å². The molecule has 1 aliphatic carbocycles. The average Bonchev–Trinajstić information content (AvgIpc) is 2.39. The maximum atomic E-state index is 10.0. The molecule has 1 saturated carbocycles. The van der Waals surface area contributed by atoms with Gasteiger partial charge in [-0.25, -0.2) is 0 Å². The second-order valence-electron chi connectivity index (χ2n) is 5.44. The van der Waals surface area contributed by atoms with Gasteiger partial charge in [0, 0.05) is 12.6 Å². The predicted molar refractivity (Wildman–Crippen MR) is 70.4 cm³/mol. The number of para-hydroxylation sites is 2. The van der Waals surface area contributed by atoms with E-state index in [1.807, 2.05) is 18.2 Å². The molecule has 0 radical (unpaired) electrons. The fraction of sp³-hybridized carbons (Fsp3) is 0.600. The summed E-state index contributed by atoms with van der Waals surface area (Å²) in [7, 11) is 0. The molecule has 1 aromatic rings. The van der Waals surface area contributed by atoms with Crippen LogP contribution in [-0.2, 0) is 0 Å². The van der Waals surface area contributed by atoms with Crippen molar-refractivity contribution in [1.29, 1.82) is 0 Å². The highest BCUT2D eigenvalue weighted by Gasteiger charge is 2.33. The van der Waals surface area contributed by atoms with Gasteiger partial charge in [0.25, 0.3) is 0 Å². The van der Waals surface area contributed by atoms with Gasteiger partial charge in [-0.3, -0.25) is 0 Å². The first-order valence-corrected chi connectivity index (χ1v) is 6.91. The van der Waals surface area contributed by atoms with Crippen LogP contribution in [0.1, 0.15) is 38.5 Å². The Hall–Kier alpha value is -1.18. The highest BCUT2D eigenvalue weighted by atomic mass is 16.3. The summed E-state index contributed by atoms with van der Waals surface area (Å²) in [6.45, 7) is 1.11. The van der Waals surface area contributed by atoms with E-state index < -0.39 is 0 Å². The Bertz CT molecular complexity index is 388. The summed E-state index contributed by atoms with van der Waals surface area (Å²) in [6.07, 6.45) is 8.10. The monoisotopic (exact) mass is 231 g/mol. The highest BCUT2D eigenvalue weighted by Crippen LogP contribution is 2.40. The van der Waals surface area contributed by atoms with Gasteiger partial charge in [0.05, 0.1) is 5.69 Å². The van der Waals surface area contributed by atoms with Crippen LogP contribution in [0.2, 0.25) is 0 Å². The van der Waals surface area contributed by atoms with E-state index in [4.69, 9.17) is 0 Å². The van der Waals surface area contributed by atoms with E-state index in [2.05, 4.69) is 11.0 Å². The predicted octanol–water partition coefficient (Wildman–Crippen LogP) is 3.55. The highest BCUT2D eigenvalue weighted by molar-refractivity contribution is 5.58. The van der Waals surface area contributed by atoms with Crippen LogP contribution in [0.25, 0.3) is 0 Å². The Kier molecular flexibility index (Phi) is 2.96. The number of nitrogens with zero attached hydrogens (tertiary/aromatic N) is 1. The van der Waals surface area contributed by atoms with Gasteiger partial charge in [-0.15, -0.1) is 0 Å². The van der Waals surface area contributed by atoms with E-state index >= 15 is 0 Å². The van der Waals surface area contributed by atoms with E-state index in [0.717, 1.165) is 18.2 Å². The van der Waals surface area contributed by atoms with E-state index in [9.17, 15) is 5.11 Å². The molecule has 0 amide bonds. The molecule has 1 aromatic carbocycles. The Morgan fingerprint density at radius 2 is 1.76 bits per heavy atom. The lowest BCUT2D eigenvalue weighted by molar-refractivity contribution is 0.242. The molecular weight excluding hydrogens is 210 g/mol. The van der Waals surface area contributed by atoms with Crippen LogP contribution in [0.3, 0.4) is 0 Å². The lowest BCUT2D eigenvalue weighted by atomic mass is 9.78. The molecular formula is C15H21NO. The Morgan fingerprint density at radius 1 is 1.00 bits per heavy atom. The number of phenolic OH excluding ortho intramolecular Hbond substituents is 1. The number of hydrogen-bond donors (Lipinski definition) is 1. The van der Waals surface area contributed by atoms with Crippen LogP contribution in [0.4, 0.5) is 5.69 Å². The minimum Gasteiger partial charge on any atom is -0.506 e. The minimum atomic E-state index is 0.443. The van der Waals surface area contributed by atoms with E-state index in [-0.39, 0.29) is 0 Å². The molecule has 0 aromatic heterocycles. The maximum Gasteiger partial charge on any atom is 0.138 e. The Labute approximate surface area is 103 Å². The third-order valence-corrected chi connectivity index (χ3v) is 4.43. The van der Waals surface area contributed by atoms with Crippen molar-refractivity contribution in [2.45, 2.75) is 44.6 Å². The topological polar surface area (TPSA) is 23.5 Å². The number of phenols is 1. The van der Waals surface area contributed by atoms with Crippen molar-refractivity contribution in [1.82, 2.24) is 0 Å². The van der Waals surface area contributed by atoms with Crippen molar-refractivity contribution in [2.24, 2.45) is 5.92 Å². The van der Waals surface area contributed by atoms with Gasteiger partial charge in [0.2, 0.25) is 0 Å². The van der Waals surface area contributed by atoms with Crippen molar-refractivity contribution < 1.29 is 5.11 Å². The second kappa shape index (κ2) is 4.59. The number of fused-ring (bicyclic) bond motifs is 1. The molecule has 2 fully saturated rings. The summed E-state index contributed by atoms with van der Waals surface area (Å²) in [5.41, 5.74) is 1.05. The third kappa shape index (κ3) is 2.01. The molecule has 1 heterocycles. The van der Waals surface area contributed by atoms with E-state index in [1.54, 1.807) is 0 Å². The van der Waals surface area contributed by atoms with Crippen LogP contribution >= 0.6 is 0 Å². The van der Waals surface area contributed by atoms with E-state index in [0.29, 0.717) is 11.8 Å². The van der Waals surface area contributed by atoms with Crippen molar-refractivity contribution in [3.8, 4) is 5.75 Å². The Balaban J connectivity index is 1.88. The van der Waals surface area contributed by atoms with Gasteiger partial charge in [-0.2, -0.15) is 0 Å². The summed E-state index contributed by atoms with van der Waals surface area (Å²) >= 11 is 0. The molecule has 2 heteroatoms.